The van der Waals surface area contributed by atoms with Crippen LogP contribution in [-0.2, 0) is 12.1 Å². The molecule has 43 heavy (non-hydrogen) atoms. The number of aliphatic hydroxyl groups is 1. The summed E-state index contributed by atoms with van der Waals surface area (Å²) in [5, 5.41) is 15.9. The van der Waals surface area contributed by atoms with Gasteiger partial charge in [-0.15, -0.1) is 0 Å². The van der Waals surface area contributed by atoms with Crippen molar-refractivity contribution in [3.63, 3.8) is 0 Å². The van der Waals surface area contributed by atoms with Gasteiger partial charge in [0.25, 0.3) is 11.5 Å². The number of pyridine rings is 1. The molecule has 1 aliphatic rings. The number of fused-ring (bicyclic) bond motifs is 1. The number of carbonyl (C=O) groups excluding carboxylic acids is 1. The van der Waals surface area contributed by atoms with Crippen molar-refractivity contribution in [2.45, 2.75) is 44.4 Å². The number of nitrogens with zero attached hydrogens (tertiary/aromatic N) is 2. The van der Waals surface area contributed by atoms with Crippen LogP contribution in [0.25, 0.3) is 16.5 Å². The first kappa shape index (κ1) is 28.6. The number of carbonyl (C=O) groups is 1. The van der Waals surface area contributed by atoms with Crippen LogP contribution < -0.4 is 10.9 Å². The van der Waals surface area contributed by atoms with E-state index in [0.717, 1.165) is 23.2 Å². The number of piperidine rings is 1. The van der Waals surface area contributed by atoms with E-state index in [-0.39, 0.29) is 17.5 Å². The lowest BCUT2D eigenvalue weighted by molar-refractivity contribution is -0.0281. The number of likely N-dealkylation sites (tertiary alicyclic amines) is 1. The molecular formula is C37H37N3O3. The quantitative estimate of drug-likeness (QED) is 0.228. The predicted molar refractivity (Wildman–Crippen MR) is 171 cm³/mol. The Morgan fingerprint density at radius 3 is 2.00 bits per heavy atom. The zero-order valence-corrected chi connectivity index (χ0v) is 24.4. The Hall–Kier alpha value is -4.52. The predicted octanol–water partition coefficient (Wildman–Crippen LogP) is 6.36. The summed E-state index contributed by atoms with van der Waals surface area (Å²) in [5.41, 5.74) is 2.80. The SMILES string of the molecule is CC[C@H](NC(=O)c1c(CN2CCC(O)(c3ccccc3)CC2)n(-c2ccccc2)c(=O)c2ccccc12)c1ccccc1. The molecule has 218 valence electrons. The number of aromatic nitrogens is 1. The lowest BCUT2D eigenvalue weighted by Crippen LogP contribution is -2.43. The normalized spacial score (nSPS) is 15.7. The zero-order valence-electron chi connectivity index (χ0n) is 24.4. The smallest absolute Gasteiger partial charge is 0.263 e. The molecule has 6 rings (SSSR count). The topological polar surface area (TPSA) is 74.6 Å². The molecule has 0 saturated carbocycles. The van der Waals surface area contributed by atoms with Crippen molar-refractivity contribution in [3.05, 3.63) is 148 Å². The average molecular weight is 572 g/mol. The Labute approximate surface area is 252 Å². The third kappa shape index (κ3) is 5.76. The molecule has 5 aromatic rings. The van der Waals surface area contributed by atoms with Gasteiger partial charge >= 0.3 is 0 Å². The summed E-state index contributed by atoms with van der Waals surface area (Å²) in [5.74, 6) is -0.204. The van der Waals surface area contributed by atoms with Gasteiger partial charge in [-0.3, -0.25) is 19.1 Å². The molecule has 0 spiro atoms. The number of rotatable bonds is 8. The van der Waals surface area contributed by atoms with Crippen molar-refractivity contribution in [1.82, 2.24) is 14.8 Å². The maximum Gasteiger partial charge on any atom is 0.263 e. The Kier molecular flexibility index (Phi) is 8.23. The van der Waals surface area contributed by atoms with Crippen LogP contribution in [-0.4, -0.2) is 33.6 Å². The van der Waals surface area contributed by atoms with Crippen LogP contribution >= 0.6 is 0 Å². The standard InChI is InChI=1S/C37H37N3O3/c1-2-32(27-14-6-3-7-15-27)38-35(41)34-30-20-12-13-21-31(30)36(42)40(29-18-10-5-11-19-29)33(34)26-39-24-22-37(43,23-25-39)28-16-8-4-9-17-28/h3-21,32,43H,2,22-26H2,1H3,(H,38,41)/t32-/m0/s1. The zero-order chi connectivity index (χ0) is 29.8. The first-order chi connectivity index (χ1) is 21.0. The monoisotopic (exact) mass is 571 g/mol. The fourth-order valence-electron chi connectivity index (χ4n) is 6.32. The Balaban J connectivity index is 1.44. The van der Waals surface area contributed by atoms with Crippen molar-refractivity contribution >= 4 is 16.7 Å². The van der Waals surface area contributed by atoms with E-state index in [1.54, 1.807) is 10.6 Å². The maximum absolute atomic E-state index is 14.4. The molecule has 1 atom stereocenters. The summed E-state index contributed by atoms with van der Waals surface area (Å²) in [6.45, 7) is 3.71. The largest absolute Gasteiger partial charge is 0.385 e. The maximum atomic E-state index is 14.4. The molecule has 0 aliphatic carbocycles. The highest BCUT2D eigenvalue weighted by Gasteiger charge is 2.35. The summed E-state index contributed by atoms with van der Waals surface area (Å²) in [6.07, 6.45) is 1.85. The fourth-order valence-corrected chi connectivity index (χ4v) is 6.32. The Morgan fingerprint density at radius 1 is 0.814 bits per heavy atom. The number of hydrogen-bond acceptors (Lipinski definition) is 4. The highest BCUT2D eigenvalue weighted by Crippen LogP contribution is 2.34. The molecule has 4 aromatic carbocycles. The van der Waals surface area contributed by atoms with Crippen LogP contribution in [0.4, 0.5) is 0 Å². The number of hydrogen-bond donors (Lipinski definition) is 2. The van der Waals surface area contributed by atoms with Crippen LogP contribution in [0.2, 0.25) is 0 Å². The van der Waals surface area contributed by atoms with Crippen molar-refractivity contribution < 1.29 is 9.90 Å². The molecule has 0 radical (unpaired) electrons. The highest BCUT2D eigenvalue weighted by atomic mass is 16.3. The summed E-state index contributed by atoms with van der Waals surface area (Å²) >= 11 is 0. The second-order valence-electron chi connectivity index (χ2n) is 11.4. The number of amides is 1. The fraction of sp³-hybridized carbons (Fsp3) is 0.243. The average Bonchev–Trinajstić information content (AvgIpc) is 3.06. The van der Waals surface area contributed by atoms with Gasteiger partial charge in [0.15, 0.2) is 0 Å². The second-order valence-corrected chi connectivity index (χ2v) is 11.4. The minimum Gasteiger partial charge on any atom is -0.385 e. The van der Waals surface area contributed by atoms with Crippen molar-refractivity contribution in [3.8, 4) is 5.69 Å². The van der Waals surface area contributed by atoms with Crippen LogP contribution in [0.15, 0.2) is 120 Å². The van der Waals surface area contributed by atoms with Gasteiger partial charge in [-0.05, 0) is 48.6 Å². The van der Waals surface area contributed by atoms with Crippen molar-refractivity contribution in [1.29, 1.82) is 0 Å². The Bertz CT molecular complexity index is 1760. The molecular weight excluding hydrogens is 534 g/mol. The van der Waals surface area contributed by atoms with Gasteiger partial charge in [-0.2, -0.15) is 0 Å². The third-order valence-electron chi connectivity index (χ3n) is 8.71. The third-order valence-corrected chi connectivity index (χ3v) is 8.71. The van der Waals surface area contributed by atoms with E-state index < -0.39 is 5.60 Å². The molecule has 6 heteroatoms. The van der Waals surface area contributed by atoms with Crippen LogP contribution in [0.3, 0.4) is 0 Å². The van der Waals surface area contributed by atoms with E-state index in [0.29, 0.717) is 54.5 Å². The first-order valence-corrected chi connectivity index (χ1v) is 15.1. The first-order valence-electron chi connectivity index (χ1n) is 15.1. The minimum atomic E-state index is -0.898. The van der Waals surface area contributed by atoms with Gasteiger partial charge in [-0.25, -0.2) is 0 Å². The molecule has 0 unspecified atom stereocenters. The van der Waals surface area contributed by atoms with Crippen LogP contribution in [0, 0.1) is 0 Å². The minimum absolute atomic E-state index is 0.152. The molecule has 2 heterocycles. The molecule has 1 aliphatic heterocycles. The van der Waals surface area contributed by atoms with Crippen molar-refractivity contribution in [2.24, 2.45) is 0 Å². The van der Waals surface area contributed by atoms with Crippen LogP contribution in [0.5, 0.6) is 0 Å². The summed E-state index contributed by atoms with van der Waals surface area (Å²) < 4.78 is 1.71. The number of benzene rings is 4. The highest BCUT2D eigenvalue weighted by molar-refractivity contribution is 6.08. The van der Waals surface area contributed by atoms with E-state index in [1.165, 1.54) is 0 Å². The molecule has 1 amide bonds. The molecule has 2 N–H and O–H groups in total. The van der Waals surface area contributed by atoms with Crippen LogP contribution in [0.1, 0.15) is 59.4 Å². The summed E-state index contributed by atoms with van der Waals surface area (Å²) in [6, 6.07) is 36.6. The summed E-state index contributed by atoms with van der Waals surface area (Å²) in [7, 11) is 0. The van der Waals surface area contributed by atoms with E-state index in [2.05, 4.69) is 17.1 Å². The van der Waals surface area contributed by atoms with E-state index >= 15 is 0 Å². The second kappa shape index (κ2) is 12.4. The lowest BCUT2D eigenvalue weighted by Gasteiger charge is -2.39. The van der Waals surface area contributed by atoms with Gasteiger partial charge < -0.3 is 10.4 Å². The lowest BCUT2D eigenvalue weighted by atomic mass is 9.84. The molecule has 0 bridgehead atoms. The van der Waals surface area contributed by atoms with Gasteiger partial charge in [0.2, 0.25) is 0 Å². The number of nitrogens with one attached hydrogen (secondary N) is 1. The number of para-hydroxylation sites is 1. The van der Waals surface area contributed by atoms with E-state index in [1.807, 2.05) is 109 Å². The van der Waals surface area contributed by atoms with Gasteiger partial charge in [0.05, 0.1) is 22.9 Å². The van der Waals surface area contributed by atoms with Gasteiger partial charge in [0, 0.05) is 36.1 Å². The Morgan fingerprint density at radius 2 is 1.37 bits per heavy atom. The molecule has 1 saturated heterocycles. The van der Waals surface area contributed by atoms with E-state index in [9.17, 15) is 14.7 Å². The van der Waals surface area contributed by atoms with Crippen molar-refractivity contribution in [2.75, 3.05) is 13.1 Å². The van der Waals surface area contributed by atoms with Gasteiger partial charge in [0.1, 0.15) is 0 Å². The van der Waals surface area contributed by atoms with E-state index in [4.69, 9.17) is 0 Å². The molecule has 6 nitrogen and oxygen atoms in total. The molecule has 1 aromatic heterocycles. The summed E-state index contributed by atoms with van der Waals surface area (Å²) in [4.78, 5) is 30.7. The molecule has 1 fully saturated rings. The van der Waals surface area contributed by atoms with Gasteiger partial charge in [-0.1, -0.05) is 104 Å².